The third-order valence-electron chi connectivity index (χ3n) is 3.49. The van der Waals surface area contributed by atoms with Crippen LogP contribution in [0.15, 0.2) is 30.3 Å². The average molecular weight is 310 g/mol. The van der Waals surface area contributed by atoms with Crippen molar-refractivity contribution in [2.24, 2.45) is 0 Å². The summed E-state index contributed by atoms with van der Waals surface area (Å²) in [6.07, 6.45) is 0. The van der Waals surface area contributed by atoms with Gasteiger partial charge in [-0.15, -0.1) is 0 Å². The molecule has 0 bridgehead atoms. The number of benzene rings is 2. The smallest absolute Gasteiger partial charge is 0.146 e. The van der Waals surface area contributed by atoms with E-state index in [0.717, 1.165) is 5.56 Å². The van der Waals surface area contributed by atoms with Crippen molar-refractivity contribution in [1.29, 1.82) is 0 Å². The number of halogens is 3. The van der Waals surface area contributed by atoms with Gasteiger partial charge in [-0.3, -0.25) is 0 Å². The van der Waals surface area contributed by atoms with E-state index in [0.29, 0.717) is 23.2 Å². The zero-order valence-electron chi connectivity index (χ0n) is 12.3. The van der Waals surface area contributed by atoms with E-state index < -0.39 is 5.82 Å². The zero-order valence-corrected chi connectivity index (χ0v) is 13.1. The van der Waals surface area contributed by atoms with Gasteiger partial charge in [0.25, 0.3) is 0 Å². The molecule has 0 radical (unpaired) electrons. The van der Waals surface area contributed by atoms with E-state index in [1.165, 1.54) is 6.07 Å². The van der Waals surface area contributed by atoms with Gasteiger partial charge in [0, 0.05) is 5.56 Å². The molecule has 0 fully saturated rings. The third-order valence-corrected chi connectivity index (χ3v) is 3.78. The highest BCUT2D eigenvalue weighted by molar-refractivity contribution is 6.30. The van der Waals surface area contributed by atoms with Gasteiger partial charge in [0.05, 0.1) is 11.1 Å². The Hall–Kier alpha value is -1.45. The fourth-order valence-corrected chi connectivity index (χ4v) is 2.68. The van der Waals surface area contributed by atoms with Gasteiger partial charge >= 0.3 is 0 Å². The summed E-state index contributed by atoms with van der Waals surface area (Å²) in [6.45, 7) is 6.02. The van der Waals surface area contributed by atoms with E-state index in [1.807, 2.05) is 6.92 Å². The highest BCUT2D eigenvalue weighted by Gasteiger charge is 2.20. The molecule has 0 aromatic heterocycles. The molecule has 0 aliphatic heterocycles. The first-order valence-electron chi connectivity index (χ1n) is 6.89. The van der Waals surface area contributed by atoms with E-state index in [9.17, 15) is 8.78 Å². The molecule has 0 saturated carbocycles. The molecule has 2 aromatic carbocycles. The average Bonchev–Trinajstić information content (AvgIpc) is 2.45. The third kappa shape index (κ3) is 3.25. The number of aryl methyl sites for hydroxylation is 2. The summed E-state index contributed by atoms with van der Waals surface area (Å²) in [5.41, 5.74) is 2.40. The van der Waals surface area contributed by atoms with Crippen LogP contribution in [0.5, 0.6) is 0 Å². The van der Waals surface area contributed by atoms with Crippen molar-refractivity contribution in [2.75, 3.05) is 6.54 Å². The second kappa shape index (κ2) is 6.54. The van der Waals surface area contributed by atoms with Crippen molar-refractivity contribution < 1.29 is 8.78 Å². The predicted octanol–water partition coefficient (Wildman–Crippen LogP) is 4.93. The molecule has 2 aromatic rings. The maximum atomic E-state index is 14.3. The highest BCUT2D eigenvalue weighted by atomic mass is 35.5. The van der Waals surface area contributed by atoms with Gasteiger partial charge in [-0.05, 0) is 43.1 Å². The molecule has 0 aliphatic carbocycles. The molecule has 0 aliphatic rings. The van der Waals surface area contributed by atoms with Crippen LogP contribution in [0.1, 0.15) is 35.2 Å². The summed E-state index contributed by atoms with van der Waals surface area (Å²) < 4.78 is 28.1. The Bertz CT molecular complexity index is 632. The molecule has 1 N–H and O–H groups in total. The molecular weight excluding hydrogens is 292 g/mol. The molecule has 0 heterocycles. The van der Waals surface area contributed by atoms with Crippen molar-refractivity contribution in [2.45, 2.75) is 26.8 Å². The molecule has 2 rings (SSSR count). The Kier molecular flexibility index (Phi) is 4.96. The van der Waals surface area contributed by atoms with Crippen LogP contribution in [-0.4, -0.2) is 6.54 Å². The van der Waals surface area contributed by atoms with Crippen LogP contribution in [-0.2, 0) is 0 Å². The van der Waals surface area contributed by atoms with Gasteiger partial charge in [0.1, 0.15) is 11.6 Å². The summed E-state index contributed by atoms with van der Waals surface area (Å²) in [5, 5.41) is 3.32. The van der Waals surface area contributed by atoms with Crippen LogP contribution < -0.4 is 5.32 Å². The Morgan fingerprint density at radius 1 is 1.10 bits per heavy atom. The Morgan fingerprint density at radius 2 is 1.71 bits per heavy atom. The number of hydrogen-bond acceptors (Lipinski definition) is 1. The summed E-state index contributed by atoms with van der Waals surface area (Å²) in [5.74, 6) is -0.662. The summed E-state index contributed by atoms with van der Waals surface area (Å²) >= 11 is 5.87. The van der Waals surface area contributed by atoms with Crippen LogP contribution in [0.2, 0.25) is 5.02 Å². The lowest BCUT2D eigenvalue weighted by molar-refractivity contribution is 0.556. The Labute approximate surface area is 128 Å². The van der Waals surface area contributed by atoms with Gasteiger partial charge in [-0.25, -0.2) is 8.78 Å². The standard InChI is InChI=1S/C17H18ClF2N/c1-4-21-17(13-6-5-7-14(18)16(13)20)12-8-10(2)15(19)11(3)9-12/h5-9,17,21H,4H2,1-3H3. The van der Waals surface area contributed by atoms with Crippen molar-refractivity contribution >= 4 is 11.6 Å². The van der Waals surface area contributed by atoms with E-state index in [-0.39, 0.29) is 16.9 Å². The monoisotopic (exact) mass is 309 g/mol. The van der Waals surface area contributed by atoms with E-state index in [1.54, 1.807) is 38.1 Å². The second-order valence-electron chi connectivity index (χ2n) is 5.10. The zero-order chi connectivity index (χ0) is 15.6. The first-order chi connectivity index (χ1) is 9.95. The van der Waals surface area contributed by atoms with Crippen LogP contribution in [0.25, 0.3) is 0 Å². The molecule has 0 saturated heterocycles. The molecule has 1 unspecified atom stereocenters. The minimum atomic E-state index is -0.440. The Balaban J connectivity index is 2.56. The van der Waals surface area contributed by atoms with Gasteiger partial charge in [-0.2, -0.15) is 0 Å². The number of rotatable bonds is 4. The van der Waals surface area contributed by atoms with E-state index in [2.05, 4.69) is 5.32 Å². The van der Waals surface area contributed by atoms with Gasteiger partial charge in [0.15, 0.2) is 0 Å². The molecule has 0 spiro atoms. The van der Waals surface area contributed by atoms with E-state index in [4.69, 9.17) is 11.6 Å². The molecule has 1 nitrogen and oxygen atoms in total. The molecule has 21 heavy (non-hydrogen) atoms. The van der Waals surface area contributed by atoms with Gasteiger partial charge in [-0.1, -0.05) is 42.8 Å². The minimum Gasteiger partial charge on any atom is -0.306 e. The SMILES string of the molecule is CCNC(c1cc(C)c(F)c(C)c1)c1cccc(Cl)c1F. The second-order valence-corrected chi connectivity index (χ2v) is 5.51. The van der Waals surface area contributed by atoms with Gasteiger partial charge in [0.2, 0.25) is 0 Å². The summed E-state index contributed by atoms with van der Waals surface area (Å²) in [7, 11) is 0. The molecule has 112 valence electrons. The van der Waals surface area contributed by atoms with Crippen molar-refractivity contribution in [3.63, 3.8) is 0 Å². The van der Waals surface area contributed by atoms with Crippen LogP contribution >= 0.6 is 11.6 Å². The molecule has 0 amide bonds. The lowest BCUT2D eigenvalue weighted by Crippen LogP contribution is -2.23. The first-order valence-corrected chi connectivity index (χ1v) is 7.27. The quantitative estimate of drug-likeness (QED) is 0.844. The maximum absolute atomic E-state index is 14.3. The maximum Gasteiger partial charge on any atom is 0.146 e. The number of nitrogens with one attached hydrogen (secondary N) is 1. The topological polar surface area (TPSA) is 12.0 Å². The van der Waals surface area contributed by atoms with Crippen LogP contribution in [0.3, 0.4) is 0 Å². The lowest BCUT2D eigenvalue weighted by Gasteiger charge is -2.21. The Morgan fingerprint density at radius 3 is 2.29 bits per heavy atom. The fraction of sp³-hybridized carbons (Fsp3) is 0.294. The van der Waals surface area contributed by atoms with Crippen LogP contribution in [0, 0.1) is 25.5 Å². The van der Waals surface area contributed by atoms with Crippen LogP contribution in [0.4, 0.5) is 8.78 Å². The normalized spacial score (nSPS) is 12.5. The van der Waals surface area contributed by atoms with E-state index >= 15 is 0 Å². The largest absolute Gasteiger partial charge is 0.306 e. The van der Waals surface area contributed by atoms with Crippen molar-refractivity contribution in [1.82, 2.24) is 5.32 Å². The lowest BCUT2D eigenvalue weighted by atomic mass is 9.95. The van der Waals surface area contributed by atoms with Gasteiger partial charge < -0.3 is 5.32 Å². The molecule has 1 atom stereocenters. The van der Waals surface area contributed by atoms with Crippen molar-refractivity contribution in [3.8, 4) is 0 Å². The predicted molar refractivity (Wildman–Crippen MR) is 82.8 cm³/mol. The highest BCUT2D eigenvalue weighted by Crippen LogP contribution is 2.30. The first kappa shape index (κ1) is 15.9. The summed E-state index contributed by atoms with van der Waals surface area (Å²) in [4.78, 5) is 0. The minimum absolute atomic E-state index is 0.0889. The molecular formula is C17H18ClF2N. The number of hydrogen-bond donors (Lipinski definition) is 1. The fourth-order valence-electron chi connectivity index (χ4n) is 2.50. The summed E-state index contributed by atoms with van der Waals surface area (Å²) in [6, 6.07) is 8.07. The molecule has 4 heteroatoms. The van der Waals surface area contributed by atoms with Crippen molar-refractivity contribution in [3.05, 3.63) is 69.2 Å².